The smallest absolute Gasteiger partial charge is 0.169 e. The molecule has 0 aromatic heterocycles. The second-order valence-electron chi connectivity index (χ2n) is 45.7. The van der Waals surface area contributed by atoms with Crippen molar-refractivity contribution >= 4 is 29.5 Å². The Balaban J connectivity index is 0.000000160. The van der Waals surface area contributed by atoms with Gasteiger partial charge in [0, 0.05) is 86.5 Å². The summed E-state index contributed by atoms with van der Waals surface area (Å²) < 4.78 is 122. The van der Waals surface area contributed by atoms with Gasteiger partial charge in [0.1, 0.15) is 91.6 Å². The van der Waals surface area contributed by atoms with Crippen molar-refractivity contribution in [2.75, 3.05) is 82.3 Å². The van der Waals surface area contributed by atoms with Crippen LogP contribution in [-0.2, 0) is 42.4 Å². The van der Waals surface area contributed by atoms with Crippen molar-refractivity contribution in [1.29, 1.82) is 0 Å². The first-order valence-electron chi connectivity index (χ1n) is 50.8. The molecule has 0 bridgehead atoms. The number of para-hydroxylation sites is 3. The zero-order valence-corrected chi connectivity index (χ0v) is 92.7. The van der Waals surface area contributed by atoms with Crippen LogP contribution in [0, 0.1) is 55.4 Å². The predicted octanol–water partition coefficient (Wildman–Crippen LogP) is 24.7. The van der Waals surface area contributed by atoms with Gasteiger partial charge in [-0.25, -0.2) is 25.3 Å². The van der Waals surface area contributed by atoms with Crippen molar-refractivity contribution in [2.24, 2.45) is 0 Å². The Morgan fingerprint density at radius 1 is 0.364 bits per heavy atom. The lowest BCUT2D eigenvalue weighted by molar-refractivity contribution is 0.0553. The zero-order valence-electron chi connectivity index (χ0n) is 90.3. The number of fused-ring (bicyclic) bond motifs is 5. The summed E-state index contributed by atoms with van der Waals surface area (Å²) in [4.78, 5) is 0. The fourth-order valence-electron chi connectivity index (χ4n) is 20.3. The zero-order chi connectivity index (χ0) is 104. The molecule has 143 heavy (non-hydrogen) atoms. The Labute approximate surface area is 855 Å². The quantitative estimate of drug-likeness (QED) is 0.0249. The van der Waals surface area contributed by atoms with Crippen molar-refractivity contribution in [1.82, 2.24) is 26.6 Å². The van der Waals surface area contributed by atoms with Crippen LogP contribution in [0.5, 0.6) is 57.5 Å². The monoisotopic (exact) mass is 2010 g/mol. The number of benzene rings is 10. The summed E-state index contributed by atoms with van der Waals surface area (Å²) in [5.74, 6) is 9.09. The van der Waals surface area contributed by atoms with Crippen LogP contribution in [0.4, 0.5) is 0 Å². The fraction of sp³-hybridized carbons (Fsp3) is 0.496. The number of hydrogen-bond acceptors (Lipinski definition) is 21. The molecule has 5 atom stereocenters. The van der Waals surface area contributed by atoms with Gasteiger partial charge < -0.3 is 74.3 Å². The Hall–Kier alpha value is -9.99. The molecule has 0 spiro atoms. The number of rotatable bonds is 28. The van der Waals surface area contributed by atoms with Crippen molar-refractivity contribution in [3.63, 3.8) is 0 Å². The van der Waals surface area contributed by atoms with E-state index >= 15 is 0 Å². The minimum atomic E-state index is -2.96. The molecule has 4 heterocycles. The van der Waals surface area contributed by atoms with Crippen LogP contribution < -0.4 is 69.2 Å². The third-order valence-corrected chi connectivity index (χ3v) is 29.8. The highest BCUT2D eigenvalue weighted by Gasteiger charge is 2.37. The normalized spacial score (nSPS) is 17.5. The van der Waals surface area contributed by atoms with Crippen LogP contribution >= 0.6 is 0 Å². The van der Waals surface area contributed by atoms with Crippen LogP contribution in [0.2, 0.25) is 0 Å². The molecule has 24 heteroatoms. The maximum atomic E-state index is 11.7. The van der Waals surface area contributed by atoms with Gasteiger partial charge in [-0.15, -0.1) is 0 Å². The van der Waals surface area contributed by atoms with Crippen LogP contribution in [0.15, 0.2) is 164 Å². The maximum absolute atomic E-state index is 11.7. The van der Waals surface area contributed by atoms with E-state index in [0.29, 0.717) is 83.8 Å². The highest BCUT2D eigenvalue weighted by Crippen LogP contribution is 2.50. The van der Waals surface area contributed by atoms with E-state index in [1.54, 1.807) is 21.0 Å². The van der Waals surface area contributed by atoms with Gasteiger partial charge >= 0.3 is 0 Å². The molecule has 2 aliphatic carbocycles. The van der Waals surface area contributed by atoms with Crippen molar-refractivity contribution < 1.29 is 73.0 Å². The van der Waals surface area contributed by atoms with E-state index < -0.39 is 35.1 Å². The number of nitrogens with one attached hydrogen (secondary N) is 5. The number of hydrogen-bond donors (Lipinski definition) is 6. The molecule has 6 aliphatic rings. The summed E-state index contributed by atoms with van der Waals surface area (Å²) in [5.41, 5.74) is 28.0. The molecule has 776 valence electrons. The summed E-state index contributed by atoms with van der Waals surface area (Å²) in [7, 11) is -7.13. The van der Waals surface area contributed by atoms with Crippen LogP contribution in [0.25, 0.3) is 44.5 Å². The topological polar surface area (TPSA) is 266 Å². The first kappa shape index (κ1) is 112. The van der Waals surface area contributed by atoms with Gasteiger partial charge in [-0.3, -0.25) is 0 Å². The minimum absolute atomic E-state index is 0.00751. The Morgan fingerprint density at radius 3 is 1.01 bits per heavy atom. The van der Waals surface area contributed by atoms with Gasteiger partial charge in [-0.1, -0.05) is 84.9 Å². The molecular weight excluding hydrogens is 1850 g/mol. The summed E-state index contributed by atoms with van der Waals surface area (Å²) >= 11 is 0. The molecule has 0 radical (unpaired) electrons. The minimum Gasteiger partial charge on any atom is -0.497 e. The summed E-state index contributed by atoms with van der Waals surface area (Å²) in [6.07, 6.45) is 9.67. The molecule has 10 aromatic carbocycles. The Morgan fingerprint density at radius 2 is 0.664 bits per heavy atom. The second-order valence-corrected chi connectivity index (χ2v) is 52.5. The number of aliphatic hydroxyl groups is 1. The molecule has 6 N–H and O–H groups in total. The molecule has 21 nitrogen and oxygen atoms in total. The van der Waals surface area contributed by atoms with Crippen LogP contribution in [-0.4, -0.2) is 152 Å². The van der Waals surface area contributed by atoms with E-state index in [0.717, 1.165) is 128 Å². The summed E-state index contributed by atoms with van der Waals surface area (Å²) in [5, 5.41) is 28.3. The average Bonchev–Trinajstić information content (AvgIpc) is 1.66. The van der Waals surface area contributed by atoms with E-state index in [-0.39, 0.29) is 74.9 Å². The first-order chi connectivity index (χ1) is 66.8. The highest BCUT2D eigenvalue weighted by atomic mass is 32.2. The first-order valence-corrected chi connectivity index (χ1v) is 56.8. The van der Waals surface area contributed by atoms with Gasteiger partial charge in [0.15, 0.2) is 21.3 Å². The predicted molar refractivity (Wildman–Crippen MR) is 585 cm³/mol. The molecule has 10 aromatic rings. The largest absolute Gasteiger partial charge is 0.497 e. The van der Waals surface area contributed by atoms with Crippen molar-refractivity contribution in [3.05, 3.63) is 247 Å². The van der Waals surface area contributed by atoms with Gasteiger partial charge in [0.2, 0.25) is 0 Å². The number of ether oxygens (including phenoxy) is 9. The molecular formula is C119H161N5O16S3. The lowest BCUT2D eigenvalue weighted by Crippen LogP contribution is -2.39. The molecule has 1 saturated heterocycles. The van der Waals surface area contributed by atoms with E-state index in [2.05, 4.69) is 301 Å². The molecule has 1 fully saturated rings. The molecule has 0 saturated carbocycles. The van der Waals surface area contributed by atoms with Gasteiger partial charge in [0.05, 0.1) is 73.7 Å². The number of methoxy groups -OCH3 is 1. The fourth-order valence-corrected chi connectivity index (χ4v) is 23.1. The SMILES string of the molecule is COc1ccc(Oc2cccc3c2OC[C@H]3NC(C)(C)C)cc1.Cc1cc(OC2CCS(=O)(=O)CC2)cc(C)c1-c1cccc2c1CC[C@H]2NC(C)(C)C.Cc1cc(OCCC(C)(C)O)cc(C)c1-c1cccc2c1OC[C@H]2NC(C)(C)C.Cc1cc(OCCCS(C)(=O)=O)cc(C)c1-c1cccc2c1CC[C@H]2NC(C)(C)C.Cc1cc(OCCCS(C)(=O)=O)cc(C)c1-c1cccc2c1OC[C@H]2NC(C)(C)C. The van der Waals surface area contributed by atoms with Crippen LogP contribution in [0.1, 0.15) is 276 Å². The molecule has 4 aliphatic heterocycles. The standard InChI is InChI=1S/C26H35NO3S.C25H35NO3S.C25H35NO3.C24H33NO4S.C19H23NO3/c1-17-15-20(30-19-11-13-31(28,29)14-12-19)16-18(2)25(17)23-8-6-7-22-21(23)9-10-24(22)27-26(3,4)5;1-17-15-19(29-13-8-14-30(6,27)28)16-18(2)24(17)22-10-7-9-21-20(22)11-12-23(21)26-25(3,4)5;1-16-13-18(28-12-11-25(6,7)27)14-17(2)22(16)20-10-8-9-19-21(15-29-23(19)20)26-24(3,4)5;1-16-13-18(28-11-8-12-30(6,26)27)14-17(2)22(16)20-10-7-9-19-21(15-29-23(19)20)25-24(3,4)5;1-19(2,3)20-16-12-22-18-15(16)6-5-7-17(18)23-14-10-8-13(21-4)9-11-14/h6-8,15-16,19,24,27H,9-14H2,1-5H3;7,9-10,15-16,23,26H,8,11-14H2,1-6H3;8-10,13-14,21,26-27H,11-12,15H2,1-7H3;7,9-10,13-14,21,25H,8,11-12,15H2,1-6H3;5-11,16,20H,12H2,1-4H3/t24-;23-;2*21-;16-/m11111/s1. The number of sulfone groups is 3. The van der Waals surface area contributed by atoms with Crippen molar-refractivity contribution in [3.8, 4) is 102 Å². The third-order valence-electron chi connectivity index (χ3n) is 26.0. The van der Waals surface area contributed by atoms with E-state index in [1.807, 2.05) is 48.5 Å². The lowest BCUT2D eigenvalue weighted by Gasteiger charge is -2.27. The lowest BCUT2D eigenvalue weighted by atomic mass is 9.90. The molecule has 0 amide bonds. The Kier molecular flexibility index (Phi) is 36.3. The highest BCUT2D eigenvalue weighted by molar-refractivity contribution is 7.91. The summed E-state index contributed by atoms with van der Waals surface area (Å²) in [6.45, 7) is 56.6. The average molecular weight is 2010 g/mol. The second kappa shape index (κ2) is 46.4. The number of aryl methyl sites for hydroxylation is 8. The van der Waals surface area contributed by atoms with Crippen molar-refractivity contribution in [2.45, 2.75) is 300 Å². The van der Waals surface area contributed by atoms with Gasteiger partial charge in [0.25, 0.3) is 0 Å². The van der Waals surface area contributed by atoms with Crippen LogP contribution in [0.3, 0.4) is 0 Å². The molecule has 0 unspecified atom stereocenters. The van der Waals surface area contributed by atoms with Gasteiger partial charge in [-0.2, -0.15) is 0 Å². The van der Waals surface area contributed by atoms with Gasteiger partial charge in [-0.05, 0) is 403 Å². The summed E-state index contributed by atoms with van der Waals surface area (Å²) in [6, 6.07) is 57.6. The van der Waals surface area contributed by atoms with E-state index in [4.69, 9.17) is 42.6 Å². The third kappa shape index (κ3) is 31.8. The van der Waals surface area contributed by atoms with E-state index in [1.165, 1.54) is 96.0 Å². The maximum Gasteiger partial charge on any atom is 0.169 e. The Bertz CT molecular complexity index is 6200. The van der Waals surface area contributed by atoms with E-state index in [9.17, 15) is 30.4 Å². The molecule has 16 rings (SSSR count).